The molecule has 0 amide bonds. The van der Waals surface area contributed by atoms with E-state index in [0.29, 0.717) is 16.2 Å². The van der Waals surface area contributed by atoms with Gasteiger partial charge in [-0.3, -0.25) is 0 Å². The van der Waals surface area contributed by atoms with Crippen LogP contribution in [-0.4, -0.2) is 13.1 Å². The molecule has 4 aliphatic rings. The average molecular weight is 222 g/mol. The molecule has 0 heterocycles. The predicted molar refractivity (Wildman–Crippen MR) is 66.9 cm³/mol. The molecule has 4 atom stereocenters. The van der Waals surface area contributed by atoms with E-state index in [-0.39, 0.29) is 0 Å². The third kappa shape index (κ3) is 1.46. The van der Waals surface area contributed by atoms with E-state index in [1.165, 1.54) is 44.9 Å². The second-order valence-corrected chi connectivity index (χ2v) is 7.56. The van der Waals surface area contributed by atoms with Crippen LogP contribution in [-0.2, 0) is 0 Å². The molecule has 4 N–H and O–H groups in total. The summed E-state index contributed by atoms with van der Waals surface area (Å²) >= 11 is 0. The molecule has 4 fully saturated rings. The minimum absolute atomic E-state index is 0.489. The molecule has 0 aliphatic heterocycles. The summed E-state index contributed by atoms with van der Waals surface area (Å²) in [6, 6.07) is 0. The molecule has 4 aliphatic carbocycles. The van der Waals surface area contributed by atoms with Crippen molar-refractivity contribution < 1.29 is 0 Å². The van der Waals surface area contributed by atoms with E-state index in [0.717, 1.165) is 19.0 Å². The molecular weight excluding hydrogens is 196 g/mol. The molecule has 4 rings (SSSR count). The number of hydrogen-bond acceptors (Lipinski definition) is 2. The Labute approximate surface area is 99.1 Å². The molecule has 2 nitrogen and oxygen atoms in total. The fourth-order valence-electron chi connectivity index (χ4n) is 6.18. The summed E-state index contributed by atoms with van der Waals surface area (Å²) in [6.07, 6.45) is 9.74. The highest BCUT2D eigenvalue weighted by molar-refractivity contribution is 5.11. The standard InChI is InChI=1S/C14H26N2/c1-12-4-11-5-13(7-12,2-3-15)9-14(6-11,8-12)10-16/h11H,2-10,15-16H2,1H3/t11-,12-,13+,14-/m1/s1. The molecule has 0 radical (unpaired) electrons. The number of nitrogens with two attached hydrogens (primary N) is 2. The molecule has 16 heavy (non-hydrogen) atoms. The normalized spacial score (nSPS) is 54.6. The first-order valence-electron chi connectivity index (χ1n) is 6.93. The van der Waals surface area contributed by atoms with Gasteiger partial charge in [0.2, 0.25) is 0 Å². The largest absolute Gasteiger partial charge is 0.330 e. The minimum Gasteiger partial charge on any atom is -0.330 e. The van der Waals surface area contributed by atoms with Crippen LogP contribution in [0.4, 0.5) is 0 Å². The maximum absolute atomic E-state index is 6.11. The summed E-state index contributed by atoms with van der Waals surface area (Å²) in [7, 11) is 0. The van der Waals surface area contributed by atoms with Crippen molar-refractivity contribution in [2.45, 2.75) is 51.9 Å². The summed E-state index contributed by atoms with van der Waals surface area (Å²) < 4.78 is 0. The van der Waals surface area contributed by atoms with Gasteiger partial charge in [-0.15, -0.1) is 0 Å². The van der Waals surface area contributed by atoms with Crippen molar-refractivity contribution in [1.29, 1.82) is 0 Å². The molecule has 0 saturated heterocycles. The second-order valence-electron chi connectivity index (χ2n) is 7.56. The van der Waals surface area contributed by atoms with Crippen LogP contribution in [0, 0.1) is 22.2 Å². The van der Waals surface area contributed by atoms with Gasteiger partial charge in [-0.05, 0) is 80.2 Å². The van der Waals surface area contributed by atoms with Crippen LogP contribution in [0.3, 0.4) is 0 Å². The van der Waals surface area contributed by atoms with E-state index < -0.39 is 0 Å². The van der Waals surface area contributed by atoms with E-state index in [4.69, 9.17) is 11.5 Å². The third-order valence-electron chi connectivity index (χ3n) is 5.69. The molecule has 0 unspecified atom stereocenters. The molecule has 4 bridgehead atoms. The van der Waals surface area contributed by atoms with Gasteiger partial charge < -0.3 is 11.5 Å². The van der Waals surface area contributed by atoms with Crippen molar-refractivity contribution in [2.75, 3.05) is 13.1 Å². The minimum atomic E-state index is 0.489. The zero-order valence-electron chi connectivity index (χ0n) is 10.6. The van der Waals surface area contributed by atoms with Crippen LogP contribution >= 0.6 is 0 Å². The van der Waals surface area contributed by atoms with Gasteiger partial charge in [0.1, 0.15) is 0 Å². The lowest BCUT2D eigenvalue weighted by molar-refractivity contribution is -0.149. The van der Waals surface area contributed by atoms with Crippen molar-refractivity contribution in [3.8, 4) is 0 Å². The fourth-order valence-corrected chi connectivity index (χ4v) is 6.18. The molecule has 0 aromatic carbocycles. The first-order valence-corrected chi connectivity index (χ1v) is 6.93. The van der Waals surface area contributed by atoms with Crippen molar-refractivity contribution in [3.63, 3.8) is 0 Å². The Morgan fingerprint density at radius 2 is 1.69 bits per heavy atom. The highest BCUT2D eigenvalue weighted by atomic mass is 14.7. The summed E-state index contributed by atoms with van der Waals surface area (Å²) in [5, 5.41) is 0. The van der Waals surface area contributed by atoms with Crippen LogP contribution in [0.5, 0.6) is 0 Å². The topological polar surface area (TPSA) is 52.0 Å². The molecule has 2 heteroatoms. The lowest BCUT2D eigenvalue weighted by Crippen LogP contribution is -2.58. The van der Waals surface area contributed by atoms with E-state index in [1.807, 2.05) is 0 Å². The monoisotopic (exact) mass is 222 g/mol. The maximum atomic E-state index is 6.11. The first kappa shape index (κ1) is 11.0. The number of hydrogen-bond donors (Lipinski definition) is 2. The van der Waals surface area contributed by atoms with Crippen molar-refractivity contribution in [2.24, 2.45) is 33.6 Å². The second kappa shape index (κ2) is 3.23. The highest BCUT2D eigenvalue weighted by Crippen LogP contribution is 2.70. The summed E-state index contributed by atoms with van der Waals surface area (Å²) in [4.78, 5) is 0. The van der Waals surface area contributed by atoms with Crippen LogP contribution in [0.15, 0.2) is 0 Å². The lowest BCUT2D eigenvalue weighted by atomic mass is 9.39. The Hall–Kier alpha value is -0.0800. The molecule has 0 aromatic heterocycles. The average Bonchev–Trinajstić information content (AvgIpc) is 2.13. The van der Waals surface area contributed by atoms with Crippen molar-refractivity contribution >= 4 is 0 Å². The first-order chi connectivity index (χ1) is 7.53. The van der Waals surface area contributed by atoms with Crippen LogP contribution in [0.2, 0.25) is 0 Å². The van der Waals surface area contributed by atoms with Gasteiger partial charge in [0.25, 0.3) is 0 Å². The van der Waals surface area contributed by atoms with Crippen molar-refractivity contribution in [3.05, 3.63) is 0 Å². The SMILES string of the molecule is C[C@]12C[C@H]3C[C@@](CN)(C1)C[C@@](CCN)(C3)C2. The Bertz CT molecular complexity index is 303. The molecule has 0 aromatic rings. The van der Waals surface area contributed by atoms with Gasteiger partial charge in [-0.1, -0.05) is 6.92 Å². The van der Waals surface area contributed by atoms with E-state index in [2.05, 4.69) is 6.92 Å². The Morgan fingerprint density at radius 1 is 1.00 bits per heavy atom. The van der Waals surface area contributed by atoms with Crippen LogP contribution < -0.4 is 11.5 Å². The van der Waals surface area contributed by atoms with Gasteiger partial charge in [0, 0.05) is 0 Å². The molecule has 0 spiro atoms. The van der Waals surface area contributed by atoms with Crippen LogP contribution in [0.1, 0.15) is 51.9 Å². The summed E-state index contributed by atoms with van der Waals surface area (Å²) in [5.41, 5.74) is 13.6. The van der Waals surface area contributed by atoms with Gasteiger partial charge in [-0.25, -0.2) is 0 Å². The van der Waals surface area contributed by atoms with Crippen LogP contribution in [0.25, 0.3) is 0 Å². The van der Waals surface area contributed by atoms with Crippen molar-refractivity contribution in [1.82, 2.24) is 0 Å². The Kier molecular flexibility index (Phi) is 2.23. The maximum Gasteiger partial charge on any atom is -0.00200 e. The smallest absolute Gasteiger partial charge is 0.00200 e. The Morgan fingerprint density at radius 3 is 2.31 bits per heavy atom. The van der Waals surface area contributed by atoms with E-state index in [9.17, 15) is 0 Å². The van der Waals surface area contributed by atoms with E-state index >= 15 is 0 Å². The summed E-state index contributed by atoms with van der Waals surface area (Å²) in [6.45, 7) is 4.28. The zero-order valence-corrected chi connectivity index (χ0v) is 10.6. The summed E-state index contributed by atoms with van der Waals surface area (Å²) in [5.74, 6) is 0.955. The van der Waals surface area contributed by atoms with Gasteiger partial charge in [0.15, 0.2) is 0 Å². The molecule has 92 valence electrons. The highest BCUT2D eigenvalue weighted by Gasteiger charge is 2.60. The molecular formula is C14H26N2. The lowest BCUT2D eigenvalue weighted by Gasteiger charge is -2.66. The predicted octanol–water partition coefficient (Wildman–Crippen LogP) is 2.27. The third-order valence-corrected chi connectivity index (χ3v) is 5.69. The van der Waals surface area contributed by atoms with E-state index in [1.54, 1.807) is 0 Å². The van der Waals surface area contributed by atoms with Gasteiger partial charge in [0.05, 0.1) is 0 Å². The van der Waals surface area contributed by atoms with Gasteiger partial charge in [-0.2, -0.15) is 0 Å². The zero-order chi connectivity index (χ0) is 11.4. The molecule has 4 saturated carbocycles. The Balaban J connectivity index is 1.95. The fraction of sp³-hybridized carbons (Fsp3) is 1.00. The quantitative estimate of drug-likeness (QED) is 0.769. The number of rotatable bonds is 3. The van der Waals surface area contributed by atoms with Gasteiger partial charge >= 0.3 is 0 Å².